The average molecular weight is 136 g/mol. The first-order valence-corrected chi connectivity index (χ1v) is 1.94. The van der Waals surface area contributed by atoms with E-state index in [-0.39, 0.29) is 0 Å². The van der Waals surface area contributed by atoms with Crippen LogP contribution in [-0.4, -0.2) is 17.5 Å². The zero-order chi connectivity index (χ0) is 7.86. The van der Waals surface area contributed by atoms with E-state index in [9.17, 15) is 8.78 Å². The van der Waals surface area contributed by atoms with Crippen molar-refractivity contribution < 1.29 is 18.7 Å². The molecule has 0 aliphatic carbocycles. The fourth-order valence-electron chi connectivity index (χ4n) is 0. The highest BCUT2D eigenvalue weighted by molar-refractivity contribution is 5.70. The van der Waals surface area contributed by atoms with Gasteiger partial charge in [-0.25, -0.2) is 4.79 Å². The van der Waals surface area contributed by atoms with Gasteiger partial charge in [0.25, 0.3) is 0 Å². The van der Waals surface area contributed by atoms with Gasteiger partial charge in [-0.1, -0.05) is 0 Å². The first-order chi connectivity index (χ1) is 4.06. The number of terminal acetylenes is 1. The Balaban J connectivity index is 0. The molecule has 0 aliphatic heterocycles. The molecule has 0 fully saturated rings. The summed E-state index contributed by atoms with van der Waals surface area (Å²) in [4.78, 5) is 8.95. The average Bonchev–Trinajstić information content (AvgIpc) is 1.68. The summed E-state index contributed by atoms with van der Waals surface area (Å²) < 4.78 is 21.1. The molecule has 52 valence electrons. The number of rotatable bonds is 1. The molecule has 9 heavy (non-hydrogen) atoms. The van der Waals surface area contributed by atoms with Crippen LogP contribution in [-0.2, 0) is 4.79 Å². The summed E-state index contributed by atoms with van der Waals surface area (Å²) in [7, 11) is 0. The van der Waals surface area contributed by atoms with Gasteiger partial charge in [0.2, 0.25) is 0 Å². The maximum Gasteiger partial charge on any atom is 0.371 e. The van der Waals surface area contributed by atoms with E-state index < -0.39 is 12.4 Å². The quantitative estimate of drug-likeness (QED) is 0.545. The topological polar surface area (TPSA) is 37.3 Å². The van der Waals surface area contributed by atoms with Crippen molar-refractivity contribution in [2.24, 2.45) is 0 Å². The van der Waals surface area contributed by atoms with Gasteiger partial charge in [-0.05, 0) is 6.92 Å². The lowest BCUT2D eigenvalue weighted by molar-refractivity contribution is -0.149. The van der Waals surface area contributed by atoms with Crippen LogP contribution in [0.3, 0.4) is 0 Å². The zero-order valence-corrected chi connectivity index (χ0v) is 4.77. The third-order valence-corrected chi connectivity index (χ3v) is 0.187. The molecule has 1 N–H and O–H groups in total. The van der Waals surface area contributed by atoms with Crippen LogP contribution in [0.15, 0.2) is 0 Å². The van der Waals surface area contributed by atoms with Crippen molar-refractivity contribution >= 4 is 5.97 Å². The molecular formula is C5H6F2O2. The van der Waals surface area contributed by atoms with Crippen LogP contribution in [0.1, 0.15) is 6.92 Å². The molecule has 4 heteroatoms. The second-order valence-electron chi connectivity index (χ2n) is 0.928. The van der Waals surface area contributed by atoms with Gasteiger partial charge in [0.15, 0.2) is 0 Å². The lowest BCUT2D eigenvalue weighted by Gasteiger charge is -1.81. The SMILES string of the molecule is C#CC.O=C(O)C(F)F. The van der Waals surface area contributed by atoms with Gasteiger partial charge in [0, 0.05) is 0 Å². The molecular weight excluding hydrogens is 130 g/mol. The normalized spacial score (nSPS) is 7.00. The van der Waals surface area contributed by atoms with Crippen molar-refractivity contribution in [2.75, 3.05) is 0 Å². The van der Waals surface area contributed by atoms with Crippen molar-refractivity contribution in [1.29, 1.82) is 0 Å². The Morgan fingerprint density at radius 3 is 1.89 bits per heavy atom. The Kier molecular flexibility index (Phi) is 8.27. The lowest BCUT2D eigenvalue weighted by atomic mass is 10.7. The van der Waals surface area contributed by atoms with E-state index in [1.807, 2.05) is 0 Å². The maximum absolute atomic E-state index is 10.6. The number of alkyl halides is 2. The zero-order valence-electron chi connectivity index (χ0n) is 4.77. The van der Waals surface area contributed by atoms with Gasteiger partial charge >= 0.3 is 12.4 Å². The van der Waals surface area contributed by atoms with E-state index in [0.29, 0.717) is 0 Å². The van der Waals surface area contributed by atoms with E-state index in [4.69, 9.17) is 9.90 Å². The van der Waals surface area contributed by atoms with Gasteiger partial charge in [-0.15, -0.1) is 12.3 Å². The van der Waals surface area contributed by atoms with Crippen LogP contribution in [0.5, 0.6) is 0 Å². The van der Waals surface area contributed by atoms with Gasteiger partial charge < -0.3 is 5.11 Å². The van der Waals surface area contributed by atoms with Gasteiger partial charge in [-0.2, -0.15) is 8.78 Å². The Labute approximate surface area is 51.5 Å². The van der Waals surface area contributed by atoms with Crippen LogP contribution < -0.4 is 0 Å². The Morgan fingerprint density at radius 1 is 1.78 bits per heavy atom. The molecule has 0 aromatic carbocycles. The summed E-state index contributed by atoms with van der Waals surface area (Å²) in [5.41, 5.74) is 0. The summed E-state index contributed by atoms with van der Waals surface area (Å²) in [6.45, 7) is 1.65. The summed E-state index contributed by atoms with van der Waals surface area (Å²) in [5, 5.41) is 7.24. The molecule has 0 heterocycles. The first-order valence-electron chi connectivity index (χ1n) is 1.94. The standard InChI is InChI=1S/C3H4.C2H2F2O2/c1-3-2;3-1(4)2(5)6/h1H,2H3;1H,(H,5,6). The molecule has 0 aromatic heterocycles. The third-order valence-electron chi connectivity index (χ3n) is 0.187. The molecule has 0 bridgehead atoms. The Bertz CT molecular complexity index is 115. The van der Waals surface area contributed by atoms with Crippen LogP contribution in [0.4, 0.5) is 8.78 Å². The van der Waals surface area contributed by atoms with Crippen LogP contribution in [0.25, 0.3) is 0 Å². The second kappa shape index (κ2) is 6.89. The number of halogens is 2. The molecule has 0 atom stereocenters. The minimum absolute atomic E-state index is 1.65. The lowest BCUT2D eigenvalue weighted by Crippen LogP contribution is -2.06. The summed E-state index contributed by atoms with van der Waals surface area (Å²) >= 11 is 0. The Morgan fingerprint density at radius 2 is 1.89 bits per heavy atom. The van der Waals surface area contributed by atoms with Gasteiger partial charge in [0.1, 0.15) is 0 Å². The third kappa shape index (κ3) is 19.7. The molecule has 0 aliphatic rings. The van der Waals surface area contributed by atoms with Gasteiger partial charge in [0.05, 0.1) is 0 Å². The van der Waals surface area contributed by atoms with E-state index in [0.717, 1.165) is 0 Å². The molecule has 0 spiro atoms. The fraction of sp³-hybridized carbons (Fsp3) is 0.400. The number of carboxylic acid groups (broad SMARTS) is 1. The number of hydrogen-bond donors (Lipinski definition) is 1. The van der Waals surface area contributed by atoms with Crippen LogP contribution in [0.2, 0.25) is 0 Å². The Hall–Kier alpha value is -1.11. The maximum atomic E-state index is 10.6. The fourth-order valence-corrected chi connectivity index (χ4v) is 0. The first kappa shape index (κ1) is 10.8. The van der Waals surface area contributed by atoms with Crippen molar-refractivity contribution in [3.63, 3.8) is 0 Å². The minimum atomic E-state index is -3.23. The minimum Gasteiger partial charge on any atom is -0.477 e. The molecule has 2 nitrogen and oxygen atoms in total. The summed E-state index contributed by atoms with van der Waals surface area (Å²) in [6, 6.07) is 0. The number of carboxylic acids is 1. The highest BCUT2D eigenvalue weighted by atomic mass is 19.3. The number of hydrogen-bond acceptors (Lipinski definition) is 1. The predicted octanol–water partition coefficient (Wildman–Crippen LogP) is 0.976. The molecule has 0 radical (unpaired) electrons. The number of carbonyl (C=O) groups is 1. The van der Waals surface area contributed by atoms with Crippen LogP contribution in [0, 0.1) is 12.3 Å². The van der Waals surface area contributed by atoms with Crippen molar-refractivity contribution in [1.82, 2.24) is 0 Å². The van der Waals surface area contributed by atoms with E-state index >= 15 is 0 Å². The monoisotopic (exact) mass is 136 g/mol. The second-order valence-corrected chi connectivity index (χ2v) is 0.928. The predicted molar refractivity (Wildman–Crippen MR) is 28.1 cm³/mol. The highest BCUT2D eigenvalue weighted by Crippen LogP contribution is 1.87. The molecule has 0 unspecified atom stereocenters. The van der Waals surface area contributed by atoms with Crippen molar-refractivity contribution in [2.45, 2.75) is 13.3 Å². The molecule has 0 aromatic rings. The molecule has 0 amide bonds. The largest absolute Gasteiger partial charge is 0.477 e. The molecule has 0 saturated carbocycles. The molecule has 0 rings (SSSR count). The van der Waals surface area contributed by atoms with Crippen molar-refractivity contribution in [3.8, 4) is 12.3 Å². The highest BCUT2D eigenvalue weighted by Gasteiger charge is 2.10. The number of aliphatic carboxylic acids is 1. The summed E-state index contributed by atoms with van der Waals surface area (Å²) in [6.07, 6.45) is 1.37. The molecule has 0 saturated heterocycles. The van der Waals surface area contributed by atoms with E-state index in [2.05, 4.69) is 12.3 Å². The van der Waals surface area contributed by atoms with E-state index in [1.165, 1.54) is 0 Å². The van der Waals surface area contributed by atoms with Crippen molar-refractivity contribution in [3.05, 3.63) is 0 Å². The van der Waals surface area contributed by atoms with Gasteiger partial charge in [-0.3, -0.25) is 0 Å². The van der Waals surface area contributed by atoms with Crippen LogP contribution >= 0.6 is 0 Å². The smallest absolute Gasteiger partial charge is 0.371 e. The van der Waals surface area contributed by atoms with E-state index in [1.54, 1.807) is 6.92 Å². The summed E-state index contributed by atoms with van der Waals surface area (Å²) in [5.74, 6) is 0.176.